The van der Waals surface area contributed by atoms with E-state index in [0.29, 0.717) is 5.92 Å². The number of rotatable bonds is 5. The molecule has 1 amide bonds. The van der Waals surface area contributed by atoms with Gasteiger partial charge in [-0.1, -0.05) is 13.0 Å². The van der Waals surface area contributed by atoms with Crippen molar-refractivity contribution in [1.29, 1.82) is 0 Å². The lowest BCUT2D eigenvalue weighted by Gasteiger charge is -2.14. The van der Waals surface area contributed by atoms with Crippen LogP contribution in [0.5, 0.6) is 0 Å². The predicted molar refractivity (Wildman–Crippen MR) is 82.8 cm³/mol. The maximum Gasteiger partial charge on any atom is 0.223 e. The van der Waals surface area contributed by atoms with Gasteiger partial charge in [-0.2, -0.15) is 0 Å². The summed E-state index contributed by atoms with van der Waals surface area (Å²) in [6, 6.07) is 4.45. The molecule has 19 heavy (non-hydrogen) atoms. The summed E-state index contributed by atoms with van der Waals surface area (Å²) >= 11 is 1.78. The minimum Gasteiger partial charge on any atom is -0.356 e. The lowest BCUT2D eigenvalue weighted by Crippen LogP contribution is -2.34. The first-order valence-corrected chi connectivity index (χ1v) is 7.58. The van der Waals surface area contributed by atoms with Gasteiger partial charge in [-0.05, 0) is 43.0 Å². The van der Waals surface area contributed by atoms with Crippen LogP contribution in [-0.4, -0.2) is 18.5 Å². The van der Waals surface area contributed by atoms with Crippen LogP contribution in [-0.2, 0) is 11.2 Å². The first-order valence-electron chi connectivity index (χ1n) is 6.71. The molecule has 0 spiro atoms. The van der Waals surface area contributed by atoms with E-state index >= 15 is 0 Å². The molecule has 3 unspecified atom stereocenters. The summed E-state index contributed by atoms with van der Waals surface area (Å²) in [7, 11) is 0. The van der Waals surface area contributed by atoms with Crippen molar-refractivity contribution in [3.63, 3.8) is 0 Å². The van der Waals surface area contributed by atoms with Crippen LogP contribution in [0.15, 0.2) is 17.5 Å². The smallest absolute Gasteiger partial charge is 0.223 e. The third-order valence-corrected chi connectivity index (χ3v) is 4.50. The van der Waals surface area contributed by atoms with Crippen LogP contribution in [0.3, 0.4) is 0 Å². The van der Waals surface area contributed by atoms with E-state index in [4.69, 9.17) is 5.73 Å². The van der Waals surface area contributed by atoms with Gasteiger partial charge in [0.25, 0.3) is 0 Å². The zero-order chi connectivity index (χ0) is 13.0. The molecule has 0 radical (unpaired) electrons. The van der Waals surface area contributed by atoms with Gasteiger partial charge in [0, 0.05) is 23.4 Å². The second-order valence-corrected chi connectivity index (χ2v) is 6.44. The third-order valence-electron chi connectivity index (χ3n) is 3.60. The number of carbonyl (C=O) groups excluding carboxylic acids is 1. The van der Waals surface area contributed by atoms with Crippen LogP contribution in [0, 0.1) is 11.8 Å². The minimum absolute atomic E-state index is 0. The Balaban J connectivity index is 0.00000180. The Morgan fingerprint density at radius 2 is 2.37 bits per heavy atom. The Hall–Kier alpha value is -0.580. The molecule has 1 aromatic heterocycles. The molecule has 3 atom stereocenters. The van der Waals surface area contributed by atoms with Crippen molar-refractivity contribution in [2.75, 3.05) is 6.54 Å². The van der Waals surface area contributed by atoms with Crippen LogP contribution in [0.2, 0.25) is 0 Å². The molecular formula is C14H23ClN2OS. The maximum absolute atomic E-state index is 11.9. The van der Waals surface area contributed by atoms with Crippen molar-refractivity contribution >= 4 is 29.7 Å². The van der Waals surface area contributed by atoms with E-state index in [1.807, 2.05) is 0 Å². The first kappa shape index (κ1) is 16.5. The molecule has 3 nitrogen and oxygen atoms in total. The van der Waals surface area contributed by atoms with Crippen LogP contribution < -0.4 is 11.1 Å². The van der Waals surface area contributed by atoms with E-state index in [9.17, 15) is 4.79 Å². The topological polar surface area (TPSA) is 55.1 Å². The molecule has 0 aromatic carbocycles. The number of hydrogen-bond donors (Lipinski definition) is 2. The highest BCUT2D eigenvalue weighted by atomic mass is 35.5. The Bertz CT molecular complexity index is 383. The van der Waals surface area contributed by atoms with Gasteiger partial charge in [-0.3, -0.25) is 4.79 Å². The number of halogens is 1. The summed E-state index contributed by atoms with van der Waals surface area (Å²) in [5.74, 6) is 0.831. The molecule has 1 heterocycles. The fraction of sp³-hybridized carbons (Fsp3) is 0.643. The van der Waals surface area contributed by atoms with Crippen molar-refractivity contribution in [2.24, 2.45) is 17.6 Å². The van der Waals surface area contributed by atoms with E-state index in [2.05, 4.69) is 29.8 Å². The molecule has 3 N–H and O–H groups in total. The first-order chi connectivity index (χ1) is 8.65. The summed E-state index contributed by atoms with van der Waals surface area (Å²) < 4.78 is 0. The second-order valence-electron chi connectivity index (χ2n) is 5.40. The highest BCUT2D eigenvalue weighted by molar-refractivity contribution is 7.09. The Morgan fingerprint density at radius 1 is 1.58 bits per heavy atom. The van der Waals surface area contributed by atoms with E-state index < -0.39 is 0 Å². The highest BCUT2D eigenvalue weighted by Gasteiger charge is 2.27. The lowest BCUT2D eigenvalue weighted by atomic mass is 10.0. The molecule has 1 aliphatic rings. The average Bonchev–Trinajstić information content (AvgIpc) is 2.97. The van der Waals surface area contributed by atoms with Gasteiger partial charge in [-0.25, -0.2) is 0 Å². The van der Waals surface area contributed by atoms with Gasteiger partial charge in [-0.15, -0.1) is 23.7 Å². The SMILES string of the molecule is CC(CNC(=O)C1CCC(N)C1)Cc1cccs1.Cl. The fourth-order valence-electron chi connectivity index (χ4n) is 2.52. The van der Waals surface area contributed by atoms with Gasteiger partial charge in [0.15, 0.2) is 0 Å². The number of carbonyl (C=O) groups is 1. The average molecular weight is 303 g/mol. The van der Waals surface area contributed by atoms with Gasteiger partial charge >= 0.3 is 0 Å². The summed E-state index contributed by atoms with van der Waals surface area (Å²) in [6.45, 7) is 2.95. The van der Waals surface area contributed by atoms with E-state index in [0.717, 1.165) is 32.2 Å². The Kier molecular flexibility index (Phi) is 6.83. The molecule has 1 aliphatic carbocycles. The van der Waals surface area contributed by atoms with Crippen LogP contribution in [0.25, 0.3) is 0 Å². The van der Waals surface area contributed by atoms with Crippen molar-refractivity contribution in [3.8, 4) is 0 Å². The Morgan fingerprint density at radius 3 is 2.95 bits per heavy atom. The van der Waals surface area contributed by atoms with Gasteiger partial charge < -0.3 is 11.1 Å². The predicted octanol–water partition coefficient (Wildman–Crippen LogP) is 2.59. The van der Waals surface area contributed by atoms with Crippen molar-refractivity contribution < 1.29 is 4.79 Å². The number of amides is 1. The van der Waals surface area contributed by atoms with E-state index in [-0.39, 0.29) is 30.3 Å². The number of hydrogen-bond acceptors (Lipinski definition) is 3. The normalized spacial score (nSPS) is 23.7. The molecule has 0 aliphatic heterocycles. The quantitative estimate of drug-likeness (QED) is 0.878. The molecule has 5 heteroatoms. The third kappa shape index (κ3) is 5.13. The fourth-order valence-corrected chi connectivity index (χ4v) is 3.39. The molecule has 0 saturated heterocycles. The van der Waals surface area contributed by atoms with E-state index in [1.54, 1.807) is 11.3 Å². The monoisotopic (exact) mass is 302 g/mol. The minimum atomic E-state index is 0. The van der Waals surface area contributed by atoms with Gasteiger partial charge in [0.2, 0.25) is 5.91 Å². The largest absolute Gasteiger partial charge is 0.356 e. The summed E-state index contributed by atoms with van der Waals surface area (Å²) in [5, 5.41) is 5.17. The standard InChI is InChI=1S/C14H22N2OS.ClH/c1-10(7-13-3-2-6-18-13)9-16-14(17)11-4-5-12(15)8-11;/h2-3,6,10-12H,4-5,7-9,15H2,1H3,(H,16,17);1H. The number of nitrogens with one attached hydrogen (secondary N) is 1. The molecule has 108 valence electrons. The van der Waals surface area contributed by atoms with Crippen molar-refractivity contribution in [1.82, 2.24) is 5.32 Å². The maximum atomic E-state index is 11.9. The molecule has 1 saturated carbocycles. The van der Waals surface area contributed by atoms with Crippen LogP contribution in [0.1, 0.15) is 31.1 Å². The number of nitrogens with two attached hydrogens (primary N) is 1. The van der Waals surface area contributed by atoms with E-state index in [1.165, 1.54) is 4.88 Å². The number of thiophene rings is 1. The summed E-state index contributed by atoms with van der Waals surface area (Å²) in [6.07, 6.45) is 3.84. The van der Waals surface area contributed by atoms with Gasteiger partial charge in [0.1, 0.15) is 0 Å². The molecule has 1 fully saturated rings. The van der Waals surface area contributed by atoms with Gasteiger partial charge in [0.05, 0.1) is 0 Å². The second kappa shape index (κ2) is 7.88. The molecule has 1 aromatic rings. The lowest BCUT2D eigenvalue weighted by molar-refractivity contribution is -0.125. The van der Waals surface area contributed by atoms with Crippen LogP contribution >= 0.6 is 23.7 Å². The molecular weight excluding hydrogens is 280 g/mol. The van der Waals surface area contributed by atoms with Crippen molar-refractivity contribution in [3.05, 3.63) is 22.4 Å². The highest BCUT2D eigenvalue weighted by Crippen LogP contribution is 2.24. The summed E-state index contributed by atoms with van der Waals surface area (Å²) in [5.41, 5.74) is 5.83. The Labute approximate surface area is 125 Å². The molecule has 2 rings (SSSR count). The molecule has 0 bridgehead atoms. The zero-order valence-corrected chi connectivity index (χ0v) is 12.9. The van der Waals surface area contributed by atoms with Crippen LogP contribution in [0.4, 0.5) is 0 Å². The zero-order valence-electron chi connectivity index (χ0n) is 11.3. The van der Waals surface area contributed by atoms with Crippen molar-refractivity contribution in [2.45, 2.75) is 38.6 Å². The summed E-state index contributed by atoms with van der Waals surface area (Å²) in [4.78, 5) is 13.3.